The maximum absolute atomic E-state index is 12.7. The molecular formula is C20H25N3O2S. The largest absolute Gasteiger partial charge is 0.365 e. The molecule has 1 aliphatic rings. The van der Waals surface area contributed by atoms with E-state index >= 15 is 0 Å². The summed E-state index contributed by atoms with van der Waals surface area (Å²) in [6.45, 7) is 10.3. The summed E-state index contributed by atoms with van der Waals surface area (Å²) in [6.07, 6.45) is 0.681. The molecule has 0 unspecified atom stereocenters. The molecule has 3 rings (SSSR count). The number of carbonyl (C=O) groups excluding carboxylic acids is 2. The standard InChI is InChI=1S/C20H25N3O2S/c1-11-8-6-7-9-12(11)17(25)22-18-14(16(21)24)13-10-19(2,3)23-20(4,5)15(13)26-18/h6-9,23H,10H2,1-5H3,(H2,21,24)(H,22,25). The first-order chi connectivity index (χ1) is 12.0. The van der Waals surface area contributed by atoms with Gasteiger partial charge in [0.05, 0.1) is 5.56 Å². The first-order valence-corrected chi connectivity index (χ1v) is 9.46. The molecule has 0 saturated heterocycles. The highest BCUT2D eigenvalue weighted by Crippen LogP contribution is 2.45. The number of rotatable bonds is 3. The molecule has 1 aromatic heterocycles. The van der Waals surface area contributed by atoms with Crippen LogP contribution in [-0.2, 0) is 12.0 Å². The van der Waals surface area contributed by atoms with Crippen molar-refractivity contribution in [3.63, 3.8) is 0 Å². The molecule has 0 atom stereocenters. The topological polar surface area (TPSA) is 84.2 Å². The van der Waals surface area contributed by atoms with Crippen LogP contribution in [0.3, 0.4) is 0 Å². The smallest absolute Gasteiger partial charge is 0.256 e. The van der Waals surface area contributed by atoms with Crippen LogP contribution in [0.15, 0.2) is 24.3 Å². The number of carbonyl (C=O) groups is 2. The zero-order valence-corrected chi connectivity index (χ0v) is 16.6. The van der Waals surface area contributed by atoms with E-state index in [2.05, 4.69) is 38.3 Å². The third-order valence-corrected chi connectivity index (χ3v) is 6.18. The Labute approximate surface area is 158 Å². The molecule has 4 N–H and O–H groups in total. The fraction of sp³-hybridized carbons (Fsp3) is 0.400. The van der Waals surface area contributed by atoms with Crippen molar-refractivity contribution in [2.24, 2.45) is 5.73 Å². The maximum Gasteiger partial charge on any atom is 0.256 e. The van der Waals surface area contributed by atoms with E-state index < -0.39 is 5.91 Å². The van der Waals surface area contributed by atoms with Gasteiger partial charge in [-0.25, -0.2) is 0 Å². The van der Waals surface area contributed by atoms with E-state index in [1.54, 1.807) is 6.07 Å². The number of benzene rings is 1. The number of nitrogens with one attached hydrogen (secondary N) is 2. The molecular weight excluding hydrogens is 346 g/mol. The molecule has 0 spiro atoms. The van der Waals surface area contributed by atoms with Crippen molar-refractivity contribution < 1.29 is 9.59 Å². The van der Waals surface area contributed by atoms with Gasteiger partial charge >= 0.3 is 0 Å². The molecule has 0 aliphatic carbocycles. The summed E-state index contributed by atoms with van der Waals surface area (Å²) in [6, 6.07) is 7.38. The van der Waals surface area contributed by atoms with Gasteiger partial charge in [0.1, 0.15) is 5.00 Å². The molecule has 1 aliphatic heterocycles. The molecule has 0 fully saturated rings. The summed E-state index contributed by atoms with van der Waals surface area (Å²) in [5.74, 6) is -0.731. The lowest BCUT2D eigenvalue weighted by molar-refractivity contribution is 0.0999. The number of amides is 2. The number of anilines is 1. The van der Waals surface area contributed by atoms with Crippen LogP contribution < -0.4 is 16.4 Å². The average molecular weight is 372 g/mol. The van der Waals surface area contributed by atoms with E-state index in [0.29, 0.717) is 22.5 Å². The predicted octanol–water partition coefficient (Wildman–Crippen LogP) is 3.57. The minimum Gasteiger partial charge on any atom is -0.365 e. The minimum absolute atomic E-state index is 0.168. The van der Waals surface area contributed by atoms with Gasteiger partial charge < -0.3 is 16.4 Å². The lowest BCUT2D eigenvalue weighted by atomic mass is 9.81. The Kier molecular flexibility index (Phi) is 4.45. The van der Waals surface area contributed by atoms with Crippen molar-refractivity contribution in [1.82, 2.24) is 5.32 Å². The van der Waals surface area contributed by atoms with E-state index in [1.807, 2.05) is 25.1 Å². The lowest BCUT2D eigenvalue weighted by Gasteiger charge is -2.42. The van der Waals surface area contributed by atoms with Crippen molar-refractivity contribution >= 4 is 28.2 Å². The molecule has 2 amide bonds. The van der Waals surface area contributed by atoms with Crippen molar-refractivity contribution in [1.29, 1.82) is 0 Å². The average Bonchev–Trinajstić information content (AvgIpc) is 2.84. The van der Waals surface area contributed by atoms with Gasteiger partial charge in [0, 0.05) is 21.5 Å². The zero-order chi connectivity index (χ0) is 19.3. The highest BCUT2D eigenvalue weighted by atomic mass is 32.1. The lowest BCUT2D eigenvalue weighted by Crippen LogP contribution is -2.55. The molecule has 2 heterocycles. The molecule has 1 aromatic carbocycles. The molecule has 6 heteroatoms. The van der Waals surface area contributed by atoms with Gasteiger partial charge in [-0.1, -0.05) is 18.2 Å². The third-order valence-electron chi connectivity index (χ3n) is 4.71. The van der Waals surface area contributed by atoms with E-state index in [-0.39, 0.29) is 17.0 Å². The second kappa shape index (κ2) is 6.21. The Hall–Kier alpha value is -2.18. The summed E-state index contributed by atoms with van der Waals surface area (Å²) in [5, 5.41) is 7.06. The van der Waals surface area contributed by atoms with Gasteiger partial charge in [0.2, 0.25) is 0 Å². The number of hydrogen-bond donors (Lipinski definition) is 3. The summed E-state index contributed by atoms with van der Waals surface area (Å²) >= 11 is 1.43. The van der Waals surface area contributed by atoms with Crippen LogP contribution in [0.4, 0.5) is 5.00 Å². The van der Waals surface area contributed by atoms with Crippen LogP contribution in [0.25, 0.3) is 0 Å². The van der Waals surface area contributed by atoms with Gasteiger partial charge in [-0.2, -0.15) is 0 Å². The molecule has 26 heavy (non-hydrogen) atoms. The summed E-state index contributed by atoms with van der Waals surface area (Å²) < 4.78 is 0. The molecule has 2 aromatic rings. The second-order valence-electron chi connectivity index (χ2n) is 8.06. The monoisotopic (exact) mass is 371 g/mol. The number of thiophene rings is 1. The highest BCUT2D eigenvalue weighted by Gasteiger charge is 2.41. The van der Waals surface area contributed by atoms with E-state index in [1.165, 1.54) is 11.3 Å². The molecule has 138 valence electrons. The third kappa shape index (κ3) is 3.27. The summed E-state index contributed by atoms with van der Waals surface area (Å²) in [7, 11) is 0. The number of primary amides is 1. The Balaban J connectivity index is 2.07. The summed E-state index contributed by atoms with van der Waals surface area (Å²) in [5.41, 5.74) is 8.08. The Morgan fingerprint density at radius 3 is 2.46 bits per heavy atom. The Morgan fingerprint density at radius 2 is 1.85 bits per heavy atom. The Morgan fingerprint density at radius 1 is 1.19 bits per heavy atom. The SMILES string of the molecule is Cc1ccccc1C(=O)Nc1sc2c(c1C(N)=O)CC(C)(C)NC2(C)C. The van der Waals surface area contributed by atoms with Crippen LogP contribution in [0.5, 0.6) is 0 Å². The van der Waals surface area contributed by atoms with Crippen molar-refractivity contribution in [3.8, 4) is 0 Å². The zero-order valence-electron chi connectivity index (χ0n) is 15.8. The molecule has 5 nitrogen and oxygen atoms in total. The number of aryl methyl sites for hydroxylation is 1. The molecule has 0 saturated carbocycles. The van der Waals surface area contributed by atoms with Gasteiger partial charge in [0.15, 0.2) is 0 Å². The van der Waals surface area contributed by atoms with E-state index in [0.717, 1.165) is 16.0 Å². The van der Waals surface area contributed by atoms with Crippen LogP contribution in [0.1, 0.15) is 64.4 Å². The highest BCUT2D eigenvalue weighted by molar-refractivity contribution is 7.17. The van der Waals surface area contributed by atoms with Crippen LogP contribution in [0.2, 0.25) is 0 Å². The van der Waals surface area contributed by atoms with Crippen molar-refractivity contribution in [2.75, 3.05) is 5.32 Å². The predicted molar refractivity (Wildman–Crippen MR) is 106 cm³/mol. The minimum atomic E-state index is -0.504. The maximum atomic E-state index is 12.7. The van der Waals surface area contributed by atoms with E-state index in [4.69, 9.17) is 5.73 Å². The summed E-state index contributed by atoms with van der Waals surface area (Å²) in [4.78, 5) is 26.0. The number of fused-ring (bicyclic) bond motifs is 1. The molecule has 0 bridgehead atoms. The number of hydrogen-bond acceptors (Lipinski definition) is 4. The van der Waals surface area contributed by atoms with Crippen LogP contribution >= 0.6 is 11.3 Å². The fourth-order valence-corrected chi connectivity index (χ4v) is 5.15. The second-order valence-corrected chi connectivity index (χ2v) is 9.08. The first kappa shape index (κ1) is 18.6. The van der Waals surface area contributed by atoms with Crippen molar-refractivity contribution in [3.05, 3.63) is 51.4 Å². The number of nitrogens with two attached hydrogens (primary N) is 1. The van der Waals surface area contributed by atoms with Gasteiger partial charge in [-0.15, -0.1) is 11.3 Å². The van der Waals surface area contributed by atoms with Gasteiger partial charge in [0.25, 0.3) is 11.8 Å². The van der Waals surface area contributed by atoms with Crippen LogP contribution in [-0.4, -0.2) is 17.4 Å². The molecule has 0 radical (unpaired) electrons. The Bertz CT molecular complexity index is 896. The van der Waals surface area contributed by atoms with Gasteiger partial charge in [-0.3, -0.25) is 9.59 Å². The quantitative estimate of drug-likeness (QED) is 0.771. The normalized spacial score (nSPS) is 17.4. The van der Waals surface area contributed by atoms with Crippen molar-refractivity contribution in [2.45, 2.75) is 52.1 Å². The first-order valence-electron chi connectivity index (χ1n) is 8.64. The van der Waals surface area contributed by atoms with E-state index in [9.17, 15) is 9.59 Å². The fourth-order valence-electron chi connectivity index (χ4n) is 3.87. The van der Waals surface area contributed by atoms with Gasteiger partial charge in [-0.05, 0) is 58.2 Å². The van der Waals surface area contributed by atoms with Crippen LogP contribution in [0, 0.1) is 6.92 Å².